The highest BCUT2D eigenvalue weighted by atomic mass is 79.9. The Bertz CT molecular complexity index is 624. The Hall–Kier alpha value is -1.69. The molecule has 3 N–H and O–H groups in total. The van der Waals surface area contributed by atoms with E-state index in [1.54, 1.807) is 12.3 Å². The van der Waals surface area contributed by atoms with E-state index in [4.69, 9.17) is 5.73 Å². The number of nitrogens with one attached hydrogen (secondary N) is 1. The van der Waals surface area contributed by atoms with Crippen LogP contribution in [0.15, 0.2) is 27.6 Å². The first-order valence-corrected chi connectivity index (χ1v) is 6.42. The second-order valence-corrected chi connectivity index (χ2v) is 4.72. The van der Waals surface area contributed by atoms with Crippen LogP contribution in [0.3, 0.4) is 0 Å². The van der Waals surface area contributed by atoms with Crippen molar-refractivity contribution >= 4 is 21.7 Å². The van der Waals surface area contributed by atoms with Crippen LogP contribution in [0.25, 0.3) is 11.5 Å². The van der Waals surface area contributed by atoms with Gasteiger partial charge < -0.3 is 10.7 Å². The average molecular weight is 309 g/mol. The zero-order valence-corrected chi connectivity index (χ0v) is 11.5. The number of hydrogen-bond acceptors (Lipinski definition) is 4. The van der Waals surface area contributed by atoms with E-state index in [1.807, 2.05) is 13.0 Å². The molecule has 0 bridgehead atoms. The van der Waals surface area contributed by atoms with Crippen LogP contribution < -0.4 is 11.3 Å². The van der Waals surface area contributed by atoms with Crippen molar-refractivity contribution in [1.29, 1.82) is 0 Å². The fourth-order valence-electron chi connectivity index (χ4n) is 1.68. The molecule has 0 aliphatic rings. The zero-order chi connectivity index (χ0) is 13.1. The van der Waals surface area contributed by atoms with Crippen molar-refractivity contribution in [3.8, 4) is 11.5 Å². The summed E-state index contributed by atoms with van der Waals surface area (Å²) in [6, 6.07) is 3.62. The van der Waals surface area contributed by atoms with Crippen LogP contribution in [-0.4, -0.2) is 15.0 Å². The maximum Gasteiger partial charge on any atom is 0.256 e. The molecule has 0 spiro atoms. The topological polar surface area (TPSA) is 84.7 Å². The van der Waals surface area contributed by atoms with E-state index in [0.717, 1.165) is 10.9 Å². The molecule has 2 aromatic heterocycles. The maximum absolute atomic E-state index is 11.9. The van der Waals surface area contributed by atoms with E-state index in [-0.39, 0.29) is 11.4 Å². The molecule has 0 aliphatic carbocycles. The molecule has 0 radical (unpaired) electrons. The Morgan fingerprint density at radius 3 is 2.89 bits per heavy atom. The van der Waals surface area contributed by atoms with Gasteiger partial charge in [-0.15, -0.1) is 0 Å². The van der Waals surface area contributed by atoms with Crippen LogP contribution in [0.4, 0.5) is 5.82 Å². The molecule has 0 aromatic carbocycles. The molecule has 0 unspecified atom stereocenters. The molecule has 0 amide bonds. The van der Waals surface area contributed by atoms with Gasteiger partial charge in [-0.05, 0) is 34.5 Å². The molecule has 2 rings (SSSR count). The summed E-state index contributed by atoms with van der Waals surface area (Å²) in [7, 11) is 0. The second kappa shape index (κ2) is 5.30. The molecule has 0 saturated carbocycles. The molecule has 18 heavy (non-hydrogen) atoms. The lowest BCUT2D eigenvalue weighted by Crippen LogP contribution is -2.18. The standard InChI is InChI=1S/C12H13BrN4O/c1-2-4-7-10(14)16-11(17-12(7)18)9-8(13)5-3-6-15-9/h3,5-6H,2,4H2,1H3,(H3,14,16,17,18). The first-order valence-electron chi connectivity index (χ1n) is 5.63. The highest BCUT2D eigenvalue weighted by Crippen LogP contribution is 2.22. The summed E-state index contributed by atoms with van der Waals surface area (Å²) in [5, 5.41) is 0. The van der Waals surface area contributed by atoms with Crippen molar-refractivity contribution in [3.05, 3.63) is 38.7 Å². The Kier molecular flexibility index (Phi) is 3.76. The predicted octanol–water partition coefficient (Wildman–Crippen LogP) is 2.13. The molecule has 2 aromatic rings. The minimum absolute atomic E-state index is 0.197. The lowest BCUT2D eigenvalue weighted by molar-refractivity contribution is 0.890. The fraction of sp³-hybridized carbons (Fsp3) is 0.250. The van der Waals surface area contributed by atoms with Gasteiger partial charge in [0.25, 0.3) is 5.56 Å². The van der Waals surface area contributed by atoms with E-state index in [9.17, 15) is 4.79 Å². The van der Waals surface area contributed by atoms with Crippen molar-refractivity contribution in [2.75, 3.05) is 5.73 Å². The first kappa shape index (κ1) is 12.8. The van der Waals surface area contributed by atoms with E-state index in [0.29, 0.717) is 23.5 Å². The number of nitrogens with two attached hydrogens (primary N) is 1. The van der Waals surface area contributed by atoms with Gasteiger partial charge in [-0.2, -0.15) is 0 Å². The molecule has 2 heterocycles. The molecule has 5 nitrogen and oxygen atoms in total. The maximum atomic E-state index is 11.9. The summed E-state index contributed by atoms with van der Waals surface area (Å²) in [5.41, 5.74) is 6.73. The molecule has 0 aliphatic heterocycles. The second-order valence-electron chi connectivity index (χ2n) is 3.86. The van der Waals surface area contributed by atoms with Gasteiger partial charge in [-0.3, -0.25) is 9.78 Å². The monoisotopic (exact) mass is 308 g/mol. The first-order chi connectivity index (χ1) is 8.63. The van der Waals surface area contributed by atoms with Crippen LogP contribution in [0.1, 0.15) is 18.9 Å². The number of hydrogen-bond donors (Lipinski definition) is 2. The summed E-state index contributed by atoms with van der Waals surface area (Å²) in [6.07, 6.45) is 3.11. The van der Waals surface area contributed by atoms with E-state index in [1.165, 1.54) is 0 Å². The van der Waals surface area contributed by atoms with Crippen molar-refractivity contribution in [1.82, 2.24) is 15.0 Å². The lowest BCUT2D eigenvalue weighted by atomic mass is 10.2. The van der Waals surface area contributed by atoms with E-state index < -0.39 is 0 Å². The summed E-state index contributed by atoms with van der Waals surface area (Å²) in [4.78, 5) is 23.0. The largest absolute Gasteiger partial charge is 0.383 e. The number of H-pyrrole nitrogens is 1. The van der Waals surface area contributed by atoms with Gasteiger partial charge in [0.1, 0.15) is 11.5 Å². The molecule has 0 atom stereocenters. The molecule has 6 heteroatoms. The number of halogens is 1. The van der Waals surface area contributed by atoms with E-state index in [2.05, 4.69) is 30.9 Å². The Balaban J connectivity index is 2.55. The van der Waals surface area contributed by atoms with Gasteiger partial charge in [0.05, 0.1) is 5.56 Å². The number of aromatic nitrogens is 3. The summed E-state index contributed by atoms with van der Waals surface area (Å²) >= 11 is 3.37. The van der Waals surface area contributed by atoms with Gasteiger partial charge >= 0.3 is 0 Å². The number of anilines is 1. The van der Waals surface area contributed by atoms with E-state index >= 15 is 0 Å². The third-order valence-electron chi connectivity index (χ3n) is 2.53. The molecular weight excluding hydrogens is 296 g/mol. The minimum Gasteiger partial charge on any atom is -0.383 e. The number of aromatic amines is 1. The highest BCUT2D eigenvalue weighted by Gasteiger charge is 2.12. The van der Waals surface area contributed by atoms with Gasteiger partial charge in [0.2, 0.25) is 0 Å². The van der Waals surface area contributed by atoms with Crippen molar-refractivity contribution in [2.24, 2.45) is 0 Å². The predicted molar refractivity (Wildman–Crippen MR) is 74.2 cm³/mol. The smallest absolute Gasteiger partial charge is 0.256 e. The number of rotatable bonds is 3. The summed E-state index contributed by atoms with van der Waals surface area (Å²) < 4.78 is 0.760. The van der Waals surface area contributed by atoms with Gasteiger partial charge in [0.15, 0.2) is 5.82 Å². The van der Waals surface area contributed by atoms with Crippen LogP contribution >= 0.6 is 15.9 Å². The van der Waals surface area contributed by atoms with Crippen LogP contribution in [0, 0.1) is 0 Å². The quantitative estimate of drug-likeness (QED) is 0.909. The summed E-state index contributed by atoms with van der Waals surface area (Å²) in [5.74, 6) is 0.651. The number of pyridine rings is 1. The van der Waals surface area contributed by atoms with Crippen molar-refractivity contribution in [3.63, 3.8) is 0 Å². The average Bonchev–Trinajstić information content (AvgIpc) is 2.34. The molecule has 0 fully saturated rings. The third kappa shape index (κ3) is 2.43. The lowest BCUT2D eigenvalue weighted by Gasteiger charge is -2.06. The Morgan fingerprint density at radius 1 is 1.50 bits per heavy atom. The number of nitrogens with zero attached hydrogens (tertiary/aromatic N) is 2. The highest BCUT2D eigenvalue weighted by molar-refractivity contribution is 9.10. The SMILES string of the molecule is CCCc1c(N)nc(-c2ncccc2Br)[nH]c1=O. The molecule has 0 saturated heterocycles. The van der Waals surface area contributed by atoms with Crippen molar-refractivity contribution < 1.29 is 0 Å². The van der Waals surface area contributed by atoms with Gasteiger partial charge in [0, 0.05) is 10.7 Å². The summed E-state index contributed by atoms with van der Waals surface area (Å²) in [6.45, 7) is 1.99. The van der Waals surface area contributed by atoms with Crippen LogP contribution in [0.2, 0.25) is 0 Å². The zero-order valence-electron chi connectivity index (χ0n) is 9.90. The Labute approximate surface area is 113 Å². The molecular formula is C12H13BrN4O. The van der Waals surface area contributed by atoms with Crippen LogP contribution in [0.5, 0.6) is 0 Å². The Morgan fingerprint density at radius 2 is 2.28 bits per heavy atom. The fourth-order valence-corrected chi connectivity index (χ4v) is 2.12. The van der Waals surface area contributed by atoms with Gasteiger partial charge in [-0.1, -0.05) is 13.3 Å². The molecule has 94 valence electrons. The third-order valence-corrected chi connectivity index (χ3v) is 3.17. The van der Waals surface area contributed by atoms with Gasteiger partial charge in [-0.25, -0.2) is 4.98 Å². The normalized spacial score (nSPS) is 10.6. The minimum atomic E-state index is -0.197. The van der Waals surface area contributed by atoms with Crippen molar-refractivity contribution in [2.45, 2.75) is 19.8 Å². The van der Waals surface area contributed by atoms with Crippen LogP contribution in [-0.2, 0) is 6.42 Å². The number of nitrogen functional groups attached to an aromatic ring is 1.